The van der Waals surface area contributed by atoms with Crippen molar-refractivity contribution in [2.75, 3.05) is 31.1 Å². The second-order valence-corrected chi connectivity index (χ2v) is 6.33. The van der Waals surface area contributed by atoms with Crippen molar-refractivity contribution in [1.82, 2.24) is 20.0 Å². The molecule has 128 valence electrons. The van der Waals surface area contributed by atoms with Gasteiger partial charge in [0.15, 0.2) is 0 Å². The minimum atomic E-state index is 0.550. The van der Waals surface area contributed by atoms with Crippen LogP contribution in [0.15, 0.2) is 53.2 Å². The van der Waals surface area contributed by atoms with Gasteiger partial charge in [-0.1, -0.05) is 23.4 Å². The number of aryl methyl sites for hydroxylation is 1. The third-order valence-corrected chi connectivity index (χ3v) is 4.46. The summed E-state index contributed by atoms with van der Waals surface area (Å²) < 4.78 is 5.39. The SMILES string of the molecule is Cc1cccc(N2CCN(Cc3nc(-c4ccccn4)no3)CC2)c1. The Balaban J connectivity index is 1.35. The Labute approximate surface area is 147 Å². The van der Waals surface area contributed by atoms with E-state index in [1.54, 1.807) is 6.20 Å². The molecule has 6 nitrogen and oxygen atoms in total. The number of pyridine rings is 1. The van der Waals surface area contributed by atoms with Crippen LogP contribution in [0.5, 0.6) is 0 Å². The van der Waals surface area contributed by atoms with Gasteiger partial charge in [0.25, 0.3) is 0 Å². The molecule has 0 aliphatic carbocycles. The van der Waals surface area contributed by atoms with E-state index < -0.39 is 0 Å². The van der Waals surface area contributed by atoms with Gasteiger partial charge in [-0.05, 0) is 36.8 Å². The third-order valence-electron chi connectivity index (χ3n) is 4.46. The Kier molecular flexibility index (Phi) is 4.43. The van der Waals surface area contributed by atoms with Crippen molar-refractivity contribution in [2.24, 2.45) is 0 Å². The van der Waals surface area contributed by atoms with E-state index in [0.29, 0.717) is 18.3 Å². The van der Waals surface area contributed by atoms with Crippen LogP contribution in [-0.2, 0) is 6.54 Å². The number of hydrogen-bond donors (Lipinski definition) is 0. The molecule has 6 heteroatoms. The Morgan fingerprint density at radius 1 is 1.04 bits per heavy atom. The van der Waals surface area contributed by atoms with Gasteiger partial charge in [0.1, 0.15) is 5.69 Å². The number of rotatable bonds is 4. The van der Waals surface area contributed by atoms with Crippen LogP contribution in [0, 0.1) is 6.92 Å². The summed E-state index contributed by atoms with van der Waals surface area (Å²) in [7, 11) is 0. The number of aromatic nitrogens is 3. The molecular formula is C19H21N5O. The molecule has 1 aliphatic heterocycles. The smallest absolute Gasteiger partial charge is 0.241 e. The molecule has 2 aromatic heterocycles. The second-order valence-electron chi connectivity index (χ2n) is 6.33. The highest BCUT2D eigenvalue weighted by atomic mass is 16.5. The van der Waals surface area contributed by atoms with E-state index in [4.69, 9.17) is 4.52 Å². The molecule has 0 unspecified atom stereocenters. The summed E-state index contributed by atoms with van der Waals surface area (Å²) >= 11 is 0. The van der Waals surface area contributed by atoms with Gasteiger partial charge in [-0.3, -0.25) is 9.88 Å². The molecule has 25 heavy (non-hydrogen) atoms. The van der Waals surface area contributed by atoms with Crippen LogP contribution in [0.4, 0.5) is 5.69 Å². The van der Waals surface area contributed by atoms with E-state index in [1.807, 2.05) is 18.2 Å². The highest BCUT2D eigenvalue weighted by Gasteiger charge is 2.20. The van der Waals surface area contributed by atoms with Gasteiger partial charge < -0.3 is 9.42 Å². The largest absolute Gasteiger partial charge is 0.369 e. The van der Waals surface area contributed by atoms with Gasteiger partial charge in [0.2, 0.25) is 11.7 Å². The standard InChI is InChI=1S/C19H21N5O/c1-15-5-4-6-16(13-15)24-11-9-23(10-12-24)14-18-21-19(22-25-18)17-7-2-3-8-20-17/h2-8,13H,9-12,14H2,1H3. The number of benzene rings is 1. The van der Waals surface area contributed by atoms with Gasteiger partial charge in [0, 0.05) is 38.1 Å². The zero-order chi connectivity index (χ0) is 17.1. The molecule has 1 aromatic carbocycles. The van der Waals surface area contributed by atoms with Crippen LogP contribution >= 0.6 is 0 Å². The van der Waals surface area contributed by atoms with Crippen molar-refractivity contribution in [3.05, 3.63) is 60.1 Å². The predicted octanol–water partition coefficient (Wildman–Crippen LogP) is 2.76. The first kappa shape index (κ1) is 15.8. The normalized spacial score (nSPS) is 15.5. The maximum absolute atomic E-state index is 5.39. The summed E-state index contributed by atoms with van der Waals surface area (Å²) in [6.07, 6.45) is 1.73. The van der Waals surface area contributed by atoms with E-state index in [9.17, 15) is 0 Å². The Hall–Kier alpha value is -2.73. The first-order valence-corrected chi connectivity index (χ1v) is 8.56. The second kappa shape index (κ2) is 7.03. The zero-order valence-electron chi connectivity index (χ0n) is 14.3. The first-order valence-electron chi connectivity index (χ1n) is 8.56. The van der Waals surface area contributed by atoms with Gasteiger partial charge >= 0.3 is 0 Å². The molecule has 0 atom stereocenters. The molecule has 3 heterocycles. The minimum absolute atomic E-state index is 0.550. The Bertz CT molecular complexity index is 825. The molecule has 4 rings (SSSR count). The Morgan fingerprint density at radius 3 is 2.68 bits per heavy atom. The highest BCUT2D eigenvalue weighted by Crippen LogP contribution is 2.19. The zero-order valence-corrected chi connectivity index (χ0v) is 14.3. The summed E-state index contributed by atoms with van der Waals surface area (Å²) in [5, 5.41) is 4.04. The maximum atomic E-state index is 5.39. The first-order chi connectivity index (χ1) is 12.3. The Morgan fingerprint density at radius 2 is 1.92 bits per heavy atom. The average molecular weight is 335 g/mol. The van der Waals surface area contributed by atoms with Crippen molar-refractivity contribution in [3.63, 3.8) is 0 Å². The number of anilines is 1. The van der Waals surface area contributed by atoms with Gasteiger partial charge in [0.05, 0.1) is 6.54 Å². The number of hydrogen-bond acceptors (Lipinski definition) is 6. The fourth-order valence-electron chi connectivity index (χ4n) is 3.10. The molecule has 0 saturated carbocycles. The molecule has 0 radical (unpaired) electrons. The van der Waals surface area contributed by atoms with Crippen LogP contribution in [-0.4, -0.2) is 46.2 Å². The van der Waals surface area contributed by atoms with E-state index in [1.165, 1.54) is 11.3 Å². The van der Waals surface area contributed by atoms with Crippen LogP contribution in [0.3, 0.4) is 0 Å². The van der Waals surface area contributed by atoms with Gasteiger partial charge in [-0.15, -0.1) is 0 Å². The molecule has 1 aliphatic rings. The van der Waals surface area contributed by atoms with E-state index >= 15 is 0 Å². The lowest BCUT2D eigenvalue weighted by molar-refractivity contribution is 0.215. The van der Waals surface area contributed by atoms with E-state index in [2.05, 4.69) is 56.1 Å². The van der Waals surface area contributed by atoms with Crippen LogP contribution in [0.25, 0.3) is 11.5 Å². The number of nitrogens with zero attached hydrogens (tertiary/aromatic N) is 5. The highest BCUT2D eigenvalue weighted by molar-refractivity contribution is 5.49. The molecule has 0 N–H and O–H groups in total. The fraction of sp³-hybridized carbons (Fsp3) is 0.316. The van der Waals surface area contributed by atoms with E-state index in [-0.39, 0.29) is 0 Å². The van der Waals surface area contributed by atoms with Crippen molar-refractivity contribution in [3.8, 4) is 11.5 Å². The molecular weight excluding hydrogens is 314 g/mol. The lowest BCUT2D eigenvalue weighted by Crippen LogP contribution is -2.46. The number of piperazine rings is 1. The predicted molar refractivity (Wildman–Crippen MR) is 96.2 cm³/mol. The summed E-state index contributed by atoms with van der Waals surface area (Å²) in [4.78, 5) is 13.5. The minimum Gasteiger partial charge on any atom is -0.369 e. The van der Waals surface area contributed by atoms with Crippen molar-refractivity contribution < 1.29 is 4.52 Å². The molecule has 0 bridgehead atoms. The third kappa shape index (κ3) is 3.69. The van der Waals surface area contributed by atoms with Crippen LogP contribution in [0.1, 0.15) is 11.5 Å². The summed E-state index contributed by atoms with van der Waals surface area (Å²) in [5.41, 5.74) is 3.34. The molecule has 0 spiro atoms. The van der Waals surface area contributed by atoms with Crippen molar-refractivity contribution >= 4 is 5.69 Å². The lowest BCUT2D eigenvalue weighted by atomic mass is 10.2. The lowest BCUT2D eigenvalue weighted by Gasteiger charge is -2.35. The van der Waals surface area contributed by atoms with Crippen molar-refractivity contribution in [2.45, 2.75) is 13.5 Å². The molecule has 1 fully saturated rings. The van der Waals surface area contributed by atoms with E-state index in [0.717, 1.165) is 31.9 Å². The molecule has 1 saturated heterocycles. The fourth-order valence-corrected chi connectivity index (χ4v) is 3.10. The summed E-state index contributed by atoms with van der Waals surface area (Å²) in [6.45, 7) is 6.79. The van der Waals surface area contributed by atoms with Gasteiger partial charge in [-0.25, -0.2) is 0 Å². The maximum Gasteiger partial charge on any atom is 0.241 e. The monoisotopic (exact) mass is 335 g/mol. The van der Waals surface area contributed by atoms with Crippen molar-refractivity contribution in [1.29, 1.82) is 0 Å². The van der Waals surface area contributed by atoms with Crippen LogP contribution in [0.2, 0.25) is 0 Å². The summed E-state index contributed by atoms with van der Waals surface area (Å²) in [5.74, 6) is 1.19. The summed E-state index contributed by atoms with van der Waals surface area (Å²) in [6, 6.07) is 14.4. The molecule has 3 aromatic rings. The average Bonchev–Trinajstić information content (AvgIpc) is 3.12. The quantitative estimate of drug-likeness (QED) is 0.731. The molecule has 0 amide bonds. The topological polar surface area (TPSA) is 58.3 Å². The van der Waals surface area contributed by atoms with Crippen LogP contribution < -0.4 is 4.90 Å². The van der Waals surface area contributed by atoms with Gasteiger partial charge in [-0.2, -0.15) is 4.98 Å².